The molecule has 0 saturated carbocycles. The Morgan fingerprint density at radius 3 is 2.39 bits per heavy atom. The van der Waals surface area contributed by atoms with Gasteiger partial charge in [-0.1, -0.05) is 24.3 Å². The number of hydrogen-bond acceptors (Lipinski definition) is 7. The van der Waals surface area contributed by atoms with Crippen molar-refractivity contribution < 1.29 is 27.3 Å². The van der Waals surface area contributed by atoms with Crippen molar-refractivity contribution in [3.8, 4) is 22.8 Å². The minimum Gasteiger partial charge on any atom is -0.435 e. The lowest BCUT2D eigenvalue weighted by molar-refractivity contribution is -0.384. The summed E-state index contributed by atoms with van der Waals surface area (Å²) in [6.45, 7) is 4.33. The largest absolute Gasteiger partial charge is 0.435 e. The highest BCUT2D eigenvalue weighted by molar-refractivity contribution is 5.99. The lowest BCUT2D eigenvalue weighted by atomic mass is 10.1. The van der Waals surface area contributed by atoms with Gasteiger partial charge in [-0.3, -0.25) is 19.8 Å². The molecule has 0 bridgehead atoms. The predicted molar refractivity (Wildman–Crippen MR) is 125 cm³/mol. The molecule has 1 aliphatic rings. The number of oxazole rings is 1. The number of para-hydroxylation sites is 1. The first kappa shape index (κ1) is 25.3. The highest BCUT2D eigenvalue weighted by Crippen LogP contribution is 2.40. The quantitative estimate of drug-likeness (QED) is 0.385. The summed E-state index contributed by atoms with van der Waals surface area (Å²) in [5.41, 5.74) is -2.12. The van der Waals surface area contributed by atoms with Gasteiger partial charge in [0.2, 0.25) is 5.89 Å². The number of amides is 1. The fraction of sp³-hybridized carbons (Fsp3) is 0.333. The van der Waals surface area contributed by atoms with Gasteiger partial charge >= 0.3 is 6.18 Å². The highest BCUT2D eigenvalue weighted by atomic mass is 19.4. The standard InChI is InChI=1S/C24H24F3N5O4/c1-30-12-14-31(15-13-30)11-10-28-22(33)20-21(17-7-3-5-9-19(17)32(34)35)36-23(29-20)16-6-2-4-8-18(16)24(25,26)27/h2-9H,10-15H2,1H3,(H,28,33). The Morgan fingerprint density at radius 1 is 1.08 bits per heavy atom. The fourth-order valence-corrected chi connectivity index (χ4v) is 4.00. The van der Waals surface area contributed by atoms with Crippen molar-refractivity contribution in [3.05, 3.63) is 69.9 Å². The molecule has 0 atom stereocenters. The number of hydrogen-bond donors (Lipinski definition) is 1. The van der Waals surface area contributed by atoms with E-state index in [0.717, 1.165) is 32.2 Å². The number of aromatic nitrogens is 1. The van der Waals surface area contributed by atoms with E-state index in [1.165, 1.54) is 42.5 Å². The van der Waals surface area contributed by atoms with Gasteiger partial charge in [-0.25, -0.2) is 4.98 Å². The third-order valence-corrected chi connectivity index (χ3v) is 5.96. The van der Waals surface area contributed by atoms with Crippen molar-refractivity contribution in [1.29, 1.82) is 0 Å². The molecule has 2 heterocycles. The van der Waals surface area contributed by atoms with Gasteiger partial charge in [-0.2, -0.15) is 13.2 Å². The van der Waals surface area contributed by atoms with E-state index in [4.69, 9.17) is 4.42 Å². The van der Waals surface area contributed by atoms with Crippen LogP contribution < -0.4 is 5.32 Å². The molecule has 1 aromatic heterocycles. The SMILES string of the molecule is CN1CCN(CCNC(=O)c2nc(-c3ccccc3C(F)(F)F)oc2-c2ccccc2[N+](=O)[O-])CC1. The summed E-state index contributed by atoms with van der Waals surface area (Å²) in [7, 11) is 2.03. The summed E-state index contributed by atoms with van der Waals surface area (Å²) in [5.74, 6) is -1.43. The van der Waals surface area contributed by atoms with Crippen molar-refractivity contribution >= 4 is 11.6 Å². The van der Waals surface area contributed by atoms with Crippen molar-refractivity contribution in [2.24, 2.45) is 0 Å². The Labute approximate surface area is 204 Å². The van der Waals surface area contributed by atoms with Crippen molar-refractivity contribution in [3.63, 3.8) is 0 Å². The molecule has 0 aliphatic carbocycles. The average molecular weight is 503 g/mol. The first-order chi connectivity index (χ1) is 17.1. The smallest absolute Gasteiger partial charge is 0.417 e. The molecule has 9 nitrogen and oxygen atoms in total. The molecule has 1 aliphatic heterocycles. The Bertz CT molecular complexity index is 1250. The molecule has 12 heteroatoms. The topological polar surface area (TPSA) is 105 Å². The fourth-order valence-electron chi connectivity index (χ4n) is 4.00. The summed E-state index contributed by atoms with van der Waals surface area (Å²) in [4.78, 5) is 32.5. The molecule has 0 spiro atoms. The van der Waals surface area contributed by atoms with E-state index in [0.29, 0.717) is 6.54 Å². The number of piperazine rings is 1. The maximum atomic E-state index is 13.6. The van der Waals surface area contributed by atoms with E-state index in [1.54, 1.807) is 0 Å². The van der Waals surface area contributed by atoms with Crippen LogP contribution in [0, 0.1) is 10.1 Å². The van der Waals surface area contributed by atoms with Gasteiger partial charge in [0.1, 0.15) is 0 Å². The van der Waals surface area contributed by atoms with Crippen LogP contribution in [0.1, 0.15) is 16.1 Å². The summed E-state index contributed by atoms with van der Waals surface area (Å²) in [6, 6.07) is 10.2. The molecule has 1 N–H and O–H groups in total. The van der Waals surface area contributed by atoms with E-state index in [9.17, 15) is 28.1 Å². The average Bonchev–Trinajstić information content (AvgIpc) is 3.30. The summed E-state index contributed by atoms with van der Waals surface area (Å²) in [5, 5.41) is 14.3. The molecular weight excluding hydrogens is 479 g/mol. The Hall–Kier alpha value is -3.77. The molecule has 1 fully saturated rings. The van der Waals surface area contributed by atoms with Crippen LogP contribution in [0.3, 0.4) is 0 Å². The summed E-state index contributed by atoms with van der Waals surface area (Å²) >= 11 is 0. The van der Waals surface area contributed by atoms with Gasteiger partial charge in [0, 0.05) is 50.9 Å². The second-order valence-electron chi connectivity index (χ2n) is 8.42. The predicted octanol–water partition coefficient (Wildman–Crippen LogP) is 3.91. The van der Waals surface area contributed by atoms with Crippen LogP contribution >= 0.6 is 0 Å². The van der Waals surface area contributed by atoms with Gasteiger partial charge in [0.05, 0.1) is 16.1 Å². The van der Waals surface area contributed by atoms with Crippen molar-refractivity contribution in [1.82, 2.24) is 20.1 Å². The normalized spacial score (nSPS) is 15.1. The van der Waals surface area contributed by atoms with Gasteiger partial charge in [0.25, 0.3) is 11.6 Å². The number of benzene rings is 2. The van der Waals surface area contributed by atoms with Crippen molar-refractivity contribution in [2.45, 2.75) is 6.18 Å². The van der Waals surface area contributed by atoms with Crippen LogP contribution in [0.25, 0.3) is 22.8 Å². The van der Waals surface area contributed by atoms with Gasteiger partial charge < -0.3 is 14.6 Å². The van der Waals surface area contributed by atoms with E-state index in [1.807, 2.05) is 7.05 Å². The number of carbonyl (C=O) groups excluding carboxylic acids is 1. The number of halogens is 3. The third kappa shape index (κ3) is 5.55. The lowest BCUT2D eigenvalue weighted by Gasteiger charge is -2.32. The zero-order valence-electron chi connectivity index (χ0n) is 19.4. The minimum absolute atomic E-state index is 0.0602. The second kappa shape index (κ2) is 10.5. The van der Waals surface area contributed by atoms with E-state index in [-0.39, 0.29) is 34.8 Å². The molecule has 3 aromatic rings. The molecule has 0 unspecified atom stereocenters. The number of likely N-dealkylation sites (N-methyl/N-ethyl adjacent to an activating group) is 1. The van der Waals surface area contributed by atoms with Crippen LogP contribution in [0.2, 0.25) is 0 Å². The second-order valence-corrected chi connectivity index (χ2v) is 8.42. The number of nitrogens with one attached hydrogen (secondary N) is 1. The molecule has 190 valence electrons. The summed E-state index contributed by atoms with van der Waals surface area (Å²) < 4.78 is 46.5. The highest BCUT2D eigenvalue weighted by Gasteiger charge is 2.36. The van der Waals surface area contributed by atoms with Gasteiger partial charge in [0.15, 0.2) is 11.5 Å². The Morgan fingerprint density at radius 2 is 1.72 bits per heavy atom. The number of rotatable bonds is 7. The maximum absolute atomic E-state index is 13.6. The molecule has 4 rings (SSSR count). The third-order valence-electron chi connectivity index (χ3n) is 5.96. The van der Waals surface area contributed by atoms with E-state index in [2.05, 4.69) is 20.1 Å². The zero-order valence-corrected chi connectivity index (χ0v) is 19.4. The Balaban J connectivity index is 1.69. The van der Waals surface area contributed by atoms with Crippen LogP contribution in [0.4, 0.5) is 18.9 Å². The number of carbonyl (C=O) groups is 1. The molecular formula is C24H24F3N5O4. The van der Waals surface area contributed by atoms with E-state index >= 15 is 0 Å². The lowest BCUT2D eigenvalue weighted by Crippen LogP contribution is -2.46. The number of nitro groups is 1. The molecule has 1 amide bonds. The van der Waals surface area contributed by atoms with Crippen LogP contribution in [0.15, 0.2) is 52.9 Å². The van der Waals surface area contributed by atoms with Crippen LogP contribution in [-0.4, -0.2) is 71.9 Å². The van der Waals surface area contributed by atoms with Gasteiger partial charge in [-0.05, 0) is 25.2 Å². The number of nitrogens with zero attached hydrogens (tertiary/aromatic N) is 4. The molecule has 0 radical (unpaired) electrons. The van der Waals surface area contributed by atoms with E-state index < -0.39 is 28.5 Å². The number of alkyl halides is 3. The van der Waals surface area contributed by atoms with Gasteiger partial charge in [-0.15, -0.1) is 0 Å². The van der Waals surface area contributed by atoms with Crippen LogP contribution in [0.5, 0.6) is 0 Å². The Kier molecular flexibility index (Phi) is 7.36. The molecule has 2 aromatic carbocycles. The first-order valence-electron chi connectivity index (χ1n) is 11.3. The minimum atomic E-state index is -4.70. The van der Waals surface area contributed by atoms with Crippen LogP contribution in [-0.2, 0) is 6.18 Å². The van der Waals surface area contributed by atoms with Crippen molar-refractivity contribution in [2.75, 3.05) is 46.3 Å². The maximum Gasteiger partial charge on any atom is 0.417 e. The monoisotopic (exact) mass is 503 g/mol. The zero-order chi connectivity index (χ0) is 25.9. The summed E-state index contributed by atoms with van der Waals surface area (Å²) in [6.07, 6.45) is -4.70. The number of nitro benzene ring substituents is 1. The molecule has 36 heavy (non-hydrogen) atoms. The molecule has 1 saturated heterocycles. The first-order valence-corrected chi connectivity index (χ1v) is 11.3.